The molecular weight excluding hydrogens is 348 g/mol. The number of anilines is 1. The van der Waals surface area contributed by atoms with E-state index in [4.69, 9.17) is 15.2 Å². The summed E-state index contributed by atoms with van der Waals surface area (Å²) in [6, 6.07) is 9.84. The maximum atomic E-state index is 13.4. The minimum Gasteiger partial charge on any atom is -0.497 e. The van der Waals surface area contributed by atoms with Gasteiger partial charge in [0.25, 0.3) is 0 Å². The molecule has 0 aromatic heterocycles. The van der Waals surface area contributed by atoms with Crippen LogP contribution in [0.1, 0.15) is 0 Å². The molecule has 2 rings (SSSR count). The van der Waals surface area contributed by atoms with Gasteiger partial charge in [-0.1, -0.05) is 6.07 Å². The number of benzene rings is 2. The van der Waals surface area contributed by atoms with E-state index in [1.807, 2.05) is 22.6 Å². The largest absolute Gasteiger partial charge is 0.497 e. The van der Waals surface area contributed by atoms with Gasteiger partial charge in [-0.25, -0.2) is 4.39 Å². The van der Waals surface area contributed by atoms with Gasteiger partial charge in [-0.3, -0.25) is 0 Å². The molecule has 0 bridgehead atoms. The van der Waals surface area contributed by atoms with Crippen LogP contribution in [0.4, 0.5) is 10.1 Å². The summed E-state index contributed by atoms with van der Waals surface area (Å²) in [6.07, 6.45) is 0. The number of ether oxygens (including phenoxy) is 2. The molecule has 94 valence electrons. The van der Waals surface area contributed by atoms with Crippen LogP contribution in [-0.2, 0) is 0 Å². The van der Waals surface area contributed by atoms with Crippen molar-refractivity contribution in [2.24, 2.45) is 0 Å². The molecular formula is C13H11FINO2. The first kappa shape index (κ1) is 12.9. The van der Waals surface area contributed by atoms with E-state index in [1.165, 1.54) is 12.1 Å². The number of hydrogen-bond acceptors (Lipinski definition) is 3. The third-order valence-electron chi connectivity index (χ3n) is 2.32. The van der Waals surface area contributed by atoms with E-state index in [9.17, 15) is 4.39 Å². The van der Waals surface area contributed by atoms with Gasteiger partial charge < -0.3 is 15.2 Å². The fourth-order valence-electron chi connectivity index (χ4n) is 1.42. The molecule has 0 amide bonds. The molecule has 2 N–H and O–H groups in total. The predicted octanol–water partition coefficient (Wildman–Crippen LogP) is 3.81. The van der Waals surface area contributed by atoms with E-state index in [-0.39, 0.29) is 5.82 Å². The van der Waals surface area contributed by atoms with Crippen LogP contribution in [0.3, 0.4) is 0 Å². The second-order valence-corrected chi connectivity index (χ2v) is 4.75. The SMILES string of the molecule is COc1cccc(Oc2cc(F)c(I)cc2N)c1. The van der Waals surface area contributed by atoms with Gasteiger partial charge in [0.05, 0.1) is 16.4 Å². The zero-order valence-corrected chi connectivity index (χ0v) is 11.8. The smallest absolute Gasteiger partial charge is 0.153 e. The molecule has 0 saturated carbocycles. The van der Waals surface area contributed by atoms with Crippen LogP contribution in [0.5, 0.6) is 17.2 Å². The fraction of sp³-hybridized carbons (Fsp3) is 0.0769. The third-order valence-corrected chi connectivity index (χ3v) is 3.15. The van der Waals surface area contributed by atoms with E-state index in [0.29, 0.717) is 26.5 Å². The van der Waals surface area contributed by atoms with Crippen LogP contribution < -0.4 is 15.2 Å². The van der Waals surface area contributed by atoms with Gasteiger partial charge >= 0.3 is 0 Å². The van der Waals surface area contributed by atoms with E-state index in [0.717, 1.165) is 0 Å². The quantitative estimate of drug-likeness (QED) is 0.670. The highest BCUT2D eigenvalue weighted by Crippen LogP contribution is 2.31. The Morgan fingerprint density at radius 3 is 2.61 bits per heavy atom. The van der Waals surface area contributed by atoms with E-state index in [2.05, 4.69) is 0 Å². The summed E-state index contributed by atoms with van der Waals surface area (Å²) in [5, 5.41) is 0. The van der Waals surface area contributed by atoms with Crippen molar-refractivity contribution in [3.8, 4) is 17.2 Å². The Bertz CT molecular complexity index is 575. The Morgan fingerprint density at radius 1 is 1.17 bits per heavy atom. The minimum atomic E-state index is -0.359. The second-order valence-electron chi connectivity index (χ2n) is 3.59. The number of nitrogen functional groups attached to an aromatic ring is 1. The Morgan fingerprint density at radius 2 is 1.89 bits per heavy atom. The van der Waals surface area contributed by atoms with Crippen LogP contribution in [0, 0.1) is 9.39 Å². The Labute approximate surface area is 118 Å². The van der Waals surface area contributed by atoms with Crippen molar-refractivity contribution in [1.29, 1.82) is 0 Å². The summed E-state index contributed by atoms with van der Waals surface area (Å²) in [4.78, 5) is 0. The average Bonchev–Trinajstić information content (AvgIpc) is 2.36. The molecule has 18 heavy (non-hydrogen) atoms. The lowest BCUT2D eigenvalue weighted by atomic mass is 10.3. The van der Waals surface area contributed by atoms with Crippen LogP contribution in [0.2, 0.25) is 0 Å². The predicted molar refractivity (Wildman–Crippen MR) is 76.6 cm³/mol. The second kappa shape index (κ2) is 5.43. The highest BCUT2D eigenvalue weighted by molar-refractivity contribution is 14.1. The number of halogens is 2. The summed E-state index contributed by atoms with van der Waals surface area (Å²) in [5.74, 6) is 1.14. The highest BCUT2D eigenvalue weighted by atomic mass is 127. The molecule has 0 radical (unpaired) electrons. The Balaban J connectivity index is 2.30. The molecule has 0 aliphatic rings. The standard InChI is InChI=1S/C13H11FINO2/c1-17-8-3-2-4-9(5-8)18-13-6-10(14)11(15)7-12(13)16/h2-7H,16H2,1H3. The summed E-state index contributed by atoms with van der Waals surface area (Å²) < 4.78 is 24.5. The molecule has 0 heterocycles. The van der Waals surface area contributed by atoms with Gasteiger partial charge in [0.1, 0.15) is 17.3 Å². The van der Waals surface area contributed by atoms with Crippen molar-refractivity contribution < 1.29 is 13.9 Å². The van der Waals surface area contributed by atoms with Gasteiger partial charge in [-0.15, -0.1) is 0 Å². The zero-order valence-electron chi connectivity index (χ0n) is 9.61. The molecule has 3 nitrogen and oxygen atoms in total. The van der Waals surface area contributed by atoms with Crippen LogP contribution in [0.25, 0.3) is 0 Å². The molecule has 2 aromatic carbocycles. The lowest BCUT2D eigenvalue weighted by molar-refractivity contribution is 0.409. The first-order valence-electron chi connectivity index (χ1n) is 5.16. The van der Waals surface area contributed by atoms with E-state index >= 15 is 0 Å². The first-order chi connectivity index (χ1) is 8.60. The van der Waals surface area contributed by atoms with Gasteiger partial charge in [0, 0.05) is 12.1 Å². The van der Waals surface area contributed by atoms with Crippen molar-refractivity contribution in [1.82, 2.24) is 0 Å². The van der Waals surface area contributed by atoms with Crippen LogP contribution in [-0.4, -0.2) is 7.11 Å². The minimum absolute atomic E-state index is 0.293. The Kier molecular flexibility index (Phi) is 3.90. The number of nitrogens with two attached hydrogens (primary N) is 1. The molecule has 0 unspecified atom stereocenters. The van der Waals surface area contributed by atoms with Gasteiger partial charge in [0.15, 0.2) is 5.75 Å². The average molecular weight is 359 g/mol. The molecule has 2 aromatic rings. The van der Waals surface area contributed by atoms with Crippen LogP contribution in [0.15, 0.2) is 36.4 Å². The van der Waals surface area contributed by atoms with Crippen molar-refractivity contribution in [3.63, 3.8) is 0 Å². The maximum Gasteiger partial charge on any atom is 0.153 e. The van der Waals surface area contributed by atoms with Crippen molar-refractivity contribution in [3.05, 3.63) is 45.8 Å². The number of rotatable bonds is 3. The Hall–Kier alpha value is -1.50. The molecule has 0 aliphatic carbocycles. The van der Waals surface area contributed by atoms with Crippen molar-refractivity contribution in [2.75, 3.05) is 12.8 Å². The molecule has 0 saturated heterocycles. The topological polar surface area (TPSA) is 44.5 Å². The molecule has 0 fully saturated rings. The van der Waals surface area contributed by atoms with Gasteiger partial charge in [-0.2, -0.15) is 0 Å². The van der Waals surface area contributed by atoms with Crippen LogP contribution >= 0.6 is 22.6 Å². The lowest BCUT2D eigenvalue weighted by Crippen LogP contribution is -1.95. The summed E-state index contributed by atoms with van der Waals surface area (Å²) in [6.45, 7) is 0. The van der Waals surface area contributed by atoms with Gasteiger partial charge in [-0.05, 0) is 40.8 Å². The normalized spacial score (nSPS) is 10.2. The summed E-state index contributed by atoms with van der Waals surface area (Å²) in [5.41, 5.74) is 6.17. The number of methoxy groups -OCH3 is 1. The molecule has 0 atom stereocenters. The lowest BCUT2D eigenvalue weighted by Gasteiger charge is -2.10. The number of hydrogen-bond donors (Lipinski definition) is 1. The van der Waals surface area contributed by atoms with E-state index < -0.39 is 0 Å². The van der Waals surface area contributed by atoms with Crippen molar-refractivity contribution in [2.45, 2.75) is 0 Å². The third kappa shape index (κ3) is 2.84. The zero-order chi connectivity index (χ0) is 13.1. The molecule has 0 spiro atoms. The first-order valence-corrected chi connectivity index (χ1v) is 6.24. The van der Waals surface area contributed by atoms with Crippen molar-refractivity contribution >= 4 is 28.3 Å². The summed E-state index contributed by atoms with van der Waals surface area (Å²) in [7, 11) is 1.57. The highest BCUT2D eigenvalue weighted by Gasteiger charge is 2.08. The maximum absolute atomic E-state index is 13.4. The van der Waals surface area contributed by atoms with E-state index in [1.54, 1.807) is 31.4 Å². The summed E-state index contributed by atoms with van der Waals surface area (Å²) >= 11 is 1.88. The fourth-order valence-corrected chi connectivity index (χ4v) is 1.92. The molecule has 0 aliphatic heterocycles. The molecule has 5 heteroatoms. The van der Waals surface area contributed by atoms with Gasteiger partial charge in [0.2, 0.25) is 0 Å². The monoisotopic (exact) mass is 359 g/mol.